The third kappa shape index (κ3) is 6.55. The summed E-state index contributed by atoms with van der Waals surface area (Å²) < 4.78 is 76.3. The number of hydrogen-bond donors (Lipinski definition) is 2. The number of nitrogens with one attached hydrogen (secondary N) is 2. The first kappa shape index (κ1) is 25.2. The van der Waals surface area contributed by atoms with Gasteiger partial charge in [0.1, 0.15) is 11.5 Å². The topological polar surface area (TPSA) is 93.7 Å². The van der Waals surface area contributed by atoms with Crippen molar-refractivity contribution in [3.63, 3.8) is 0 Å². The van der Waals surface area contributed by atoms with E-state index in [1.54, 1.807) is 12.1 Å². The molecule has 34 heavy (non-hydrogen) atoms. The zero-order valence-electron chi connectivity index (χ0n) is 17.5. The lowest BCUT2D eigenvalue weighted by Gasteiger charge is -2.12. The zero-order valence-corrected chi connectivity index (χ0v) is 19.1. The summed E-state index contributed by atoms with van der Waals surface area (Å²) in [7, 11) is -2.48. The Hall–Kier alpha value is -3.44. The Morgan fingerprint density at radius 1 is 1.00 bits per heavy atom. The normalized spacial score (nSPS) is 11.6. The van der Waals surface area contributed by atoms with Crippen LogP contribution in [0.25, 0.3) is 0 Å². The van der Waals surface area contributed by atoms with Gasteiger partial charge in [0, 0.05) is 11.4 Å². The lowest BCUT2D eigenvalue weighted by Crippen LogP contribution is -2.20. The van der Waals surface area contributed by atoms with Crippen molar-refractivity contribution in [1.29, 1.82) is 0 Å². The van der Waals surface area contributed by atoms with Gasteiger partial charge in [-0.3, -0.25) is 9.52 Å². The van der Waals surface area contributed by atoms with E-state index in [9.17, 15) is 26.4 Å². The fraction of sp³-hybridized carbons (Fsp3) is 0.136. The molecule has 0 aliphatic carbocycles. The van der Waals surface area contributed by atoms with Gasteiger partial charge < -0.3 is 14.8 Å². The standard InChI is InChI=1S/C22H18ClF3N2O5S/c1-32-17-7-5-15(6-8-17)28-34(30,31)18-9-10-20(19(23)12-18)33-13-21(29)27-16-4-2-3-14(11-16)22(24,25)26/h2-12,28H,13H2,1H3,(H,27,29). The molecular weight excluding hydrogens is 497 g/mol. The molecule has 3 aromatic carbocycles. The van der Waals surface area contributed by atoms with Crippen LogP contribution in [0.1, 0.15) is 5.56 Å². The molecule has 0 aromatic heterocycles. The van der Waals surface area contributed by atoms with Crippen LogP contribution in [0.2, 0.25) is 5.02 Å². The van der Waals surface area contributed by atoms with E-state index in [0.29, 0.717) is 11.4 Å². The summed E-state index contributed by atoms with van der Waals surface area (Å²) in [6.45, 7) is -0.563. The fourth-order valence-corrected chi connectivity index (χ4v) is 4.14. The number of anilines is 2. The Bertz CT molecular complexity index is 1280. The number of benzene rings is 3. The maximum atomic E-state index is 12.8. The molecule has 0 bridgehead atoms. The van der Waals surface area contributed by atoms with E-state index in [2.05, 4.69) is 10.0 Å². The van der Waals surface area contributed by atoms with Crippen molar-refractivity contribution in [3.8, 4) is 11.5 Å². The number of amides is 1. The number of carbonyl (C=O) groups is 1. The Morgan fingerprint density at radius 2 is 1.71 bits per heavy atom. The van der Waals surface area contributed by atoms with Crippen molar-refractivity contribution in [1.82, 2.24) is 0 Å². The summed E-state index contributed by atoms with van der Waals surface area (Å²) in [5.41, 5.74) is -0.654. The molecule has 0 unspecified atom stereocenters. The van der Waals surface area contributed by atoms with E-state index in [-0.39, 0.29) is 21.4 Å². The molecule has 2 N–H and O–H groups in total. The molecule has 3 rings (SSSR count). The lowest BCUT2D eigenvalue weighted by molar-refractivity contribution is -0.137. The number of ether oxygens (including phenoxy) is 2. The third-order valence-corrected chi connectivity index (χ3v) is 6.06. The van der Waals surface area contributed by atoms with E-state index >= 15 is 0 Å². The first-order chi connectivity index (χ1) is 16.0. The van der Waals surface area contributed by atoms with Crippen LogP contribution in [0.4, 0.5) is 24.5 Å². The van der Waals surface area contributed by atoms with Gasteiger partial charge in [0.25, 0.3) is 15.9 Å². The SMILES string of the molecule is COc1ccc(NS(=O)(=O)c2ccc(OCC(=O)Nc3cccc(C(F)(F)F)c3)c(Cl)c2)cc1. The highest BCUT2D eigenvalue weighted by Gasteiger charge is 2.30. The summed E-state index contributed by atoms with van der Waals surface area (Å²) >= 11 is 6.10. The second-order valence-electron chi connectivity index (χ2n) is 6.84. The van der Waals surface area contributed by atoms with E-state index in [4.69, 9.17) is 21.1 Å². The molecule has 0 aliphatic rings. The number of alkyl halides is 3. The molecule has 0 fully saturated rings. The summed E-state index contributed by atoms with van der Waals surface area (Å²) in [5, 5.41) is 2.21. The second-order valence-corrected chi connectivity index (χ2v) is 8.93. The number of rotatable bonds is 8. The van der Waals surface area contributed by atoms with Crippen molar-refractivity contribution in [2.45, 2.75) is 11.1 Å². The smallest absolute Gasteiger partial charge is 0.416 e. The van der Waals surface area contributed by atoms with E-state index in [0.717, 1.165) is 24.3 Å². The van der Waals surface area contributed by atoms with Gasteiger partial charge in [0.2, 0.25) is 0 Å². The highest BCUT2D eigenvalue weighted by atomic mass is 35.5. The molecule has 0 atom stereocenters. The zero-order chi connectivity index (χ0) is 24.9. The van der Waals surface area contributed by atoms with Crippen LogP contribution in [-0.2, 0) is 21.0 Å². The van der Waals surface area contributed by atoms with Crippen LogP contribution < -0.4 is 19.5 Å². The first-order valence-corrected chi connectivity index (χ1v) is 11.4. The lowest BCUT2D eigenvalue weighted by atomic mass is 10.2. The summed E-state index contributed by atoms with van der Waals surface area (Å²) in [4.78, 5) is 11.9. The van der Waals surface area contributed by atoms with Crippen LogP contribution in [0.3, 0.4) is 0 Å². The predicted octanol–water partition coefficient (Wildman–Crippen LogP) is 5.19. The van der Waals surface area contributed by atoms with Gasteiger partial charge >= 0.3 is 6.18 Å². The second kappa shape index (κ2) is 10.2. The fourth-order valence-electron chi connectivity index (χ4n) is 2.75. The van der Waals surface area contributed by atoms with Gasteiger partial charge in [-0.05, 0) is 60.7 Å². The largest absolute Gasteiger partial charge is 0.497 e. The molecule has 0 saturated heterocycles. The third-order valence-electron chi connectivity index (χ3n) is 4.39. The maximum absolute atomic E-state index is 12.8. The summed E-state index contributed by atoms with van der Waals surface area (Å²) in [5.74, 6) is -0.151. The van der Waals surface area contributed by atoms with Gasteiger partial charge in [-0.25, -0.2) is 8.42 Å². The van der Waals surface area contributed by atoms with Crippen LogP contribution in [0, 0.1) is 0 Å². The minimum Gasteiger partial charge on any atom is -0.497 e. The molecule has 7 nitrogen and oxygen atoms in total. The van der Waals surface area contributed by atoms with Crippen LogP contribution >= 0.6 is 11.6 Å². The minimum absolute atomic E-state index is 0.0178. The van der Waals surface area contributed by atoms with Crippen molar-refractivity contribution in [2.24, 2.45) is 0 Å². The van der Waals surface area contributed by atoms with Gasteiger partial charge in [-0.15, -0.1) is 0 Å². The molecular formula is C22H18ClF3N2O5S. The summed E-state index contributed by atoms with van der Waals surface area (Å²) in [6, 6.07) is 14.0. The molecule has 0 radical (unpaired) electrons. The van der Waals surface area contributed by atoms with E-state index in [1.165, 1.54) is 37.4 Å². The number of hydrogen-bond acceptors (Lipinski definition) is 5. The highest BCUT2D eigenvalue weighted by molar-refractivity contribution is 7.92. The molecule has 0 saturated carbocycles. The maximum Gasteiger partial charge on any atom is 0.416 e. The molecule has 0 heterocycles. The Labute approximate surface area is 198 Å². The monoisotopic (exact) mass is 514 g/mol. The van der Waals surface area contributed by atoms with Gasteiger partial charge in [0.05, 0.1) is 22.6 Å². The van der Waals surface area contributed by atoms with Crippen LogP contribution in [0.5, 0.6) is 11.5 Å². The van der Waals surface area contributed by atoms with Crippen LogP contribution in [0.15, 0.2) is 71.6 Å². The van der Waals surface area contributed by atoms with Gasteiger partial charge in [0.15, 0.2) is 6.61 Å². The number of halogens is 4. The minimum atomic E-state index is -4.55. The molecule has 0 spiro atoms. The van der Waals surface area contributed by atoms with Gasteiger partial charge in [-0.2, -0.15) is 13.2 Å². The molecule has 12 heteroatoms. The van der Waals surface area contributed by atoms with Crippen molar-refractivity contribution in [3.05, 3.63) is 77.3 Å². The van der Waals surface area contributed by atoms with Crippen molar-refractivity contribution < 1.29 is 35.9 Å². The average Bonchev–Trinajstić information content (AvgIpc) is 2.78. The Balaban J connectivity index is 1.63. The van der Waals surface area contributed by atoms with Crippen molar-refractivity contribution >= 4 is 38.9 Å². The van der Waals surface area contributed by atoms with E-state index in [1.807, 2.05) is 0 Å². The molecule has 0 aliphatic heterocycles. The average molecular weight is 515 g/mol. The number of methoxy groups -OCH3 is 1. The quantitative estimate of drug-likeness (QED) is 0.432. The molecule has 3 aromatic rings. The Morgan fingerprint density at radius 3 is 2.32 bits per heavy atom. The number of carbonyl (C=O) groups excluding carboxylic acids is 1. The van der Waals surface area contributed by atoms with E-state index < -0.39 is 34.3 Å². The molecule has 180 valence electrons. The first-order valence-electron chi connectivity index (χ1n) is 9.54. The van der Waals surface area contributed by atoms with Crippen LogP contribution in [-0.4, -0.2) is 28.0 Å². The summed E-state index contributed by atoms with van der Waals surface area (Å²) in [6.07, 6.45) is -4.55. The van der Waals surface area contributed by atoms with Gasteiger partial charge in [-0.1, -0.05) is 17.7 Å². The van der Waals surface area contributed by atoms with Crippen molar-refractivity contribution in [2.75, 3.05) is 23.8 Å². The molecule has 1 amide bonds. The predicted molar refractivity (Wildman–Crippen MR) is 121 cm³/mol. The highest BCUT2D eigenvalue weighted by Crippen LogP contribution is 2.31. The number of sulfonamides is 1. The Kier molecular flexibility index (Phi) is 7.57.